The molecule has 1 N–H and O–H groups in total. The minimum atomic E-state index is -0.369. The molecule has 0 unspecified atom stereocenters. The molecule has 0 amide bonds. The number of hydrogen-bond donors (Lipinski definition) is 1. The standard InChI is InChI=1S/C13H14N2O3S/c1-14-12-5-4-10(7-13(12)15(16)17)8-19-9-11-3-2-6-18-11/h2-7,14H,8-9H2,1H3. The lowest BCUT2D eigenvalue weighted by Gasteiger charge is -2.05. The Morgan fingerprint density at radius 2 is 2.21 bits per heavy atom. The predicted molar refractivity (Wildman–Crippen MR) is 76.4 cm³/mol. The average Bonchev–Trinajstić information content (AvgIpc) is 2.91. The van der Waals surface area contributed by atoms with E-state index in [9.17, 15) is 10.1 Å². The van der Waals surface area contributed by atoms with E-state index in [1.807, 2.05) is 18.2 Å². The van der Waals surface area contributed by atoms with Gasteiger partial charge in [-0.15, -0.1) is 11.8 Å². The fourth-order valence-electron chi connectivity index (χ4n) is 1.69. The Labute approximate surface area is 115 Å². The number of nitrogens with one attached hydrogen (secondary N) is 1. The summed E-state index contributed by atoms with van der Waals surface area (Å²) < 4.78 is 5.23. The molecule has 19 heavy (non-hydrogen) atoms. The van der Waals surface area contributed by atoms with Crippen LogP contribution in [0.5, 0.6) is 0 Å². The molecule has 0 bridgehead atoms. The Kier molecular flexibility index (Phi) is 4.46. The monoisotopic (exact) mass is 278 g/mol. The molecule has 1 heterocycles. The van der Waals surface area contributed by atoms with Crippen LogP contribution < -0.4 is 5.32 Å². The molecule has 2 aromatic rings. The molecule has 0 aliphatic rings. The Morgan fingerprint density at radius 3 is 2.84 bits per heavy atom. The summed E-state index contributed by atoms with van der Waals surface area (Å²) in [4.78, 5) is 10.6. The van der Waals surface area contributed by atoms with Gasteiger partial charge in [0, 0.05) is 18.9 Å². The molecule has 5 nitrogen and oxygen atoms in total. The van der Waals surface area contributed by atoms with E-state index in [0.29, 0.717) is 11.4 Å². The Balaban J connectivity index is 2.00. The van der Waals surface area contributed by atoms with Gasteiger partial charge in [0.2, 0.25) is 0 Å². The van der Waals surface area contributed by atoms with Crippen molar-refractivity contribution in [1.82, 2.24) is 0 Å². The first-order valence-electron chi connectivity index (χ1n) is 5.76. The molecule has 100 valence electrons. The zero-order valence-corrected chi connectivity index (χ0v) is 11.3. The lowest BCUT2D eigenvalue weighted by Crippen LogP contribution is -1.97. The number of hydrogen-bond acceptors (Lipinski definition) is 5. The maximum Gasteiger partial charge on any atom is 0.292 e. The molecule has 0 aliphatic heterocycles. The van der Waals surface area contributed by atoms with Crippen LogP contribution in [-0.2, 0) is 11.5 Å². The molecule has 0 fully saturated rings. The summed E-state index contributed by atoms with van der Waals surface area (Å²) in [6.45, 7) is 0. The highest BCUT2D eigenvalue weighted by atomic mass is 32.2. The number of nitro groups is 1. The second kappa shape index (κ2) is 6.29. The van der Waals surface area contributed by atoms with Gasteiger partial charge in [0.1, 0.15) is 11.4 Å². The molecular formula is C13H14N2O3S. The molecule has 0 atom stereocenters. The van der Waals surface area contributed by atoms with Crippen molar-refractivity contribution in [2.24, 2.45) is 0 Å². The summed E-state index contributed by atoms with van der Waals surface area (Å²) in [6, 6.07) is 9.01. The fourth-order valence-corrected chi connectivity index (χ4v) is 2.58. The van der Waals surface area contributed by atoms with E-state index in [0.717, 1.165) is 17.1 Å². The number of nitro benzene ring substituents is 1. The van der Waals surface area contributed by atoms with Gasteiger partial charge in [-0.25, -0.2) is 0 Å². The van der Waals surface area contributed by atoms with Crippen molar-refractivity contribution in [2.45, 2.75) is 11.5 Å². The highest BCUT2D eigenvalue weighted by Gasteiger charge is 2.13. The molecule has 0 saturated heterocycles. The molecule has 0 spiro atoms. The van der Waals surface area contributed by atoms with Crippen LogP contribution in [0.4, 0.5) is 11.4 Å². The summed E-state index contributed by atoms with van der Waals surface area (Å²) in [7, 11) is 1.67. The van der Waals surface area contributed by atoms with E-state index in [4.69, 9.17) is 4.42 Å². The summed E-state index contributed by atoms with van der Waals surface area (Å²) in [5, 5.41) is 13.8. The summed E-state index contributed by atoms with van der Waals surface area (Å²) in [6.07, 6.45) is 1.64. The third-order valence-electron chi connectivity index (χ3n) is 2.62. The lowest BCUT2D eigenvalue weighted by molar-refractivity contribution is -0.384. The van der Waals surface area contributed by atoms with Gasteiger partial charge in [-0.05, 0) is 23.8 Å². The van der Waals surface area contributed by atoms with Gasteiger partial charge in [0.15, 0.2) is 0 Å². The normalized spacial score (nSPS) is 10.4. The van der Waals surface area contributed by atoms with Crippen molar-refractivity contribution in [2.75, 3.05) is 12.4 Å². The van der Waals surface area contributed by atoms with Crippen LogP contribution in [0, 0.1) is 10.1 Å². The number of nitrogens with zero attached hydrogens (tertiary/aromatic N) is 1. The second-order valence-electron chi connectivity index (χ2n) is 3.93. The molecule has 0 aliphatic carbocycles. The van der Waals surface area contributed by atoms with Gasteiger partial charge >= 0.3 is 0 Å². The van der Waals surface area contributed by atoms with Crippen molar-refractivity contribution in [3.05, 3.63) is 58.0 Å². The number of benzene rings is 1. The van der Waals surface area contributed by atoms with Crippen LogP contribution in [0.25, 0.3) is 0 Å². The highest BCUT2D eigenvalue weighted by Crippen LogP contribution is 2.27. The number of rotatable bonds is 6. The van der Waals surface area contributed by atoms with Gasteiger partial charge in [-0.1, -0.05) is 6.07 Å². The van der Waals surface area contributed by atoms with Crippen LogP contribution in [0.1, 0.15) is 11.3 Å². The summed E-state index contributed by atoms with van der Waals surface area (Å²) in [5.41, 5.74) is 1.57. The molecule has 1 aromatic carbocycles. The predicted octanol–water partition coefficient (Wildman–Crippen LogP) is 3.66. The lowest BCUT2D eigenvalue weighted by atomic mass is 10.2. The van der Waals surface area contributed by atoms with Crippen LogP contribution in [0.3, 0.4) is 0 Å². The maximum atomic E-state index is 10.9. The van der Waals surface area contributed by atoms with Gasteiger partial charge < -0.3 is 9.73 Å². The van der Waals surface area contributed by atoms with Crippen molar-refractivity contribution in [3.8, 4) is 0 Å². The topological polar surface area (TPSA) is 68.3 Å². The maximum absolute atomic E-state index is 10.9. The first kappa shape index (κ1) is 13.5. The smallest absolute Gasteiger partial charge is 0.292 e. The van der Waals surface area contributed by atoms with Gasteiger partial charge in [0.05, 0.1) is 16.9 Å². The highest BCUT2D eigenvalue weighted by molar-refractivity contribution is 7.97. The first-order valence-corrected chi connectivity index (χ1v) is 6.91. The minimum absolute atomic E-state index is 0.110. The third-order valence-corrected chi connectivity index (χ3v) is 3.65. The van der Waals surface area contributed by atoms with E-state index < -0.39 is 0 Å². The second-order valence-corrected chi connectivity index (χ2v) is 4.92. The third kappa shape index (κ3) is 3.51. The summed E-state index contributed by atoms with van der Waals surface area (Å²) >= 11 is 1.66. The van der Waals surface area contributed by atoms with Crippen molar-refractivity contribution < 1.29 is 9.34 Å². The number of furan rings is 1. The molecule has 0 radical (unpaired) electrons. The van der Waals surface area contributed by atoms with E-state index in [1.54, 1.807) is 37.2 Å². The Morgan fingerprint density at radius 1 is 1.37 bits per heavy atom. The van der Waals surface area contributed by atoms with E-state index in [-0.39, 0.29) is 10.6 Å². The van der Waals surface area contributed by atoms with Crippen LogP contribution >= 0.6 is 11.8 Å². The largest absolute Gasteiger partial charge is 0.468 e. The fraction of sp³-hybridized carbons (Fsp3) is 0.231. The van der Waals surface area contributed by atoms with Crippen LogP contribution in [-0.4, -0.2) is 12.0 Å². The quantitative estimate of drug-likeness (QED) is 0.645. The number of thioether (sulfide) groups is 1. The minimum Gasteiger partial charge on any atom is -0.468 e. The molecule has 0 saturated carbocycles. The average molecular weight is 278 g/mol. The number of anilines is 1. The Hall–Kier alpha value is -1.95. The van der Waals surface area contributed by atoms with E-state index in [2.05, 4.69) is 5.32 Å². The van der Waals surface area contributed by atoms with Crippen molar-refractivity contribution in [3.63, 3.8) is 0 Å². The Bertz CT molecular complexity index is 555. The van der Waals surface area contributed by atoms with Gasteiger partial charge in [-0.3, -0.25) is 10.1 Å². The van der Waals surface area contributed by atoms with E-state index >= 15 is 0 Å². The van der Waals surface area contributed by atoms with Crippen molar-refractivity contribution in [1.29, 1.82) is 0 Å². The van der Waals surface area contributed by atoms with Gasteiger partial charge in [0.25, 0.3) is 5.69 Å². The summed E-state index contributed by atoms with van der Waals surface area (Å²) in [5.74, 6) is 2.38. The molecule has 1 aromatic heterocycles. The van der Waals surface area contributed by atoms with Crippen molar-refractivity contribution >= 4 is 23.1 Å². The molecule has 6 heteroatoms. The zero-order valence-electron chi connectivity index (χ0n) is 10.5. The van der Waals surface area contributed by atoms with Crippen LogP contribution in [0.15, 0.2) is 41.0 Å². The SMILES string of the molecule is CNc1ccc(CSCc2ccco2)cc1[N+](=O)[O-]. The first-order chi connectivity index (χ1) is 9.20. The van der Waals surface area contributed by atoms with Crippen LogP contribution in [0.2, 0.25) is 0 Å². The molecule has 2 rings (SSSR count). The van der Waals surface area contributed by atoms with E-state index in [1.165, 1.54) is 0 Å². The molecular weight excluding hydrogens is 264 g/mol. The van der Waals surface area contributed by atoms with Gasteiger partial charge in [-0.2, -0.15) is 0 Å². The zero-order chi connectivity index (χ0) is 13.7.